The zero-order valence-corrected chi connectivity index (χ0v) is 10.4. The Labute approximate surface area is 110 Å². The lowest BCUT2D eigenvalue weighted by atomic mass is 10.1. The molecule has 0 saturated heterocycles. The van der Waals surface area contributed by atoms with E-state index in [1.54, 1.807) is 24.5 Å². The highest BCUT2D eigenvalue weighted by Gasteiger charge is 2.19. The van der Waals surface area contributed by atoms with Crippen LogP contribution in [0.25, 0.3) is 0 Å². The predicted molar refractivity (Wildman–Crippen MR) is 73.8 cm³/mol. The monoisotopic (exact) mass is 258 g/mol. The molecule has 6 nitrogen and oxygen atoms in total. The van der Waals surface area contributed by atoms with Gasteiger partial charge in [-0.15, -0.1) is 0 Å². The fraction of sp³-hybridized carbons (Fsp3) is 0.154. The molecule has 3 N–H and O–H groups in total. The second kappa shape index (κ2) is 5.34. The van der Waals surface area contributed by atoms with E-state index in [4.69, 9.17) is 5.73 Å². The molecule has 0 saturated carbocycles. The normalized spacial score (nSPS) is 11.8. The van der Waals surface area contributed by atoms with Crippen LogP contribution in [0.4, 0.5) is 17.1 Å². The van der Waals surface area contributed by atoms with E-state index in [2.05, 4.69) is 10.3 Å². The fourth-order valence-electron chi connectivity index (χ4n) is 1.85. The summed E-state index contributed by atoms with van der Waals surface area (Å²) in [5.74, 6) is 0. The first kappa shape index (κ1) is 12.8. The third-order valence-corrected chi connectivity index (χ3v) is 2.83. The largest absolute Gasteiger partial charge is 0.393 e. The highest BCUT2D eigenvalue weighted by Crippen LogP contribution is 2.32. The maximum Gasteiger partial charge on any atom is 0.314 e. The average Bonchev–Trinajstić information content (AvgIpc) is 2.39. The topological polar surface area (TPSA) is 94.1 Å². The van der Waals surface area contributed by atoms with Crippen molar-refractivity contribution in [3.8, 4) is 0 Å². The quantitative estimate of drug-likeness (QED) is 0.499. The van der Waals surface area contributed by atoms with Gasteiger partial charge in [0.1, 0.15) is 11.4 Å². The molecule has 1 atom stereocenters. The number of nitrogens with zero attached hydrogens (tertiary/aromatic N) is 2. The number of pyridine rings is 1. The Bertz CT molecular complexity index is 586. The number of nitrogen functional groups attached to an aromatic ring is 1. The number of nitro groups is 1. The van der Waals surface area contributed by atoms with E-state index in [1.807, 2.05) is 19.1 Å². The first-order chi connectivity index (χ1) is 9.09. The van der Waals surface area contributed by atoms with Gasteiger partial charge in [-0.05, 0) is 36.8 Å². The van der Waals surface area contributed by atoms with Crippen molar-refractivity contribution in [1.82, 2.24) is 4.98 Å². The summed E-state index contributed by atoms with van der Waals surface area (Å²) in [6.07, 6.45) is 3.36. The van der Waals surface area contributed by atoms with Crippen molar-refractivity contribution >= 4 is 17.1 Å². The molecule has 2 aromatic rings. The van der Waals surface area contributed by atoms with Crippen LogP contribution in [0.5, 0.6) is 0 Å². The molecule has 19 heavy (non-hydrogen) atoms. The number of aromatic nitrogens is 1. The van der Waals surface area contributed by atoms with E-state index in [-0.39, 0.29) is 17.4 Å². The fourth-order valence-corrected chi connectivity index (χ4v) is 1.85. The van der Waals surface area contributed by atoms with Gasteiger partial charge in [-0.3, -0.25) is 15.1 Å². The molecule has 0 spiro atoms. The van der Waals surface area contributed by atoms with Crippen LogP contribution in [0.3, 0.4) is 0 Å². The molecule has 0 aliphatic rings. The van der Waals surface area contributed by atoms with Gasteiger partial charge < -0.3 is 11.1 Å². The van der Waals surface area contributed by atoms with Gasteiger partial charge in [-0.2, -0.15) is 0 Å². The summed E-state index contributed by atoms with van der Waals surface area (Å²) in [7, 11) is 0. The second-order valence-corrected chi connectivity index (χ2v) is 4.15. The molecular weight excluding hydrogens is 244 g/mol. The van der Waals surface area contributed by atoms with Gasteiger partial charge in [0.2, 0.25) is 0 Å². The molecule has 2 rings (SSSR count). The highest BCUT2D eigenvalue weighted by atomic mass is 16.6. The van der Waals surface area contributed by atoms with Crippen LogP contribution >= 0.6 is 0 Å². The SMILES string of the molecule is CC(Nc1cccc(N)c1[N+](=O)[O-])c1ccncc1. The van der Waals surface area contributed by atoms with Gasteiger partial charge >= 0.3 is 5.69 Å². The number of para-hydroxylation sites is 1. The van der Waals surface area contributed by atoms with Crippen molar-refractivity contribution in [2.75, 3.05) is 11.1 Å². The summed E-state index contributed by atoms with van der Waals surface area (Å²) in [4.78, 5) is 14.5. The van der Waals surface area contributed by atoms with Gasteiger partial charge in [0.25, 0.3) is 0 Å². The number of hydrogen-bond donors (Lipinski definition) is 2. The maximum absolute atomic E-state index is 11.0. The molecule has 0 amide bonds. The molecule has 0 radical (unpaired) electrons. The van der Waals surface area contributed by atoms with E-state index in [0.717, 1.165) is 5.56 Å². The van der Waals surface area contributed by atoms with E-state index in [1.165, 1.54) is 6.07 Å². The molecular formula is C13H14N4O2. The average molecular weight is 258 g/mol. The first-order valence-corrected chi connectivity index (χ1v) is 5.79. The van der Waals surface area contributed by atoms with Gasteiger partial charge in [-0.25, -0.2) is 0 Å². The van der Waals surface area contributed by atoms with Gasteiger partial charge in [0, 0.05) is 18.4 Å². The Morgan fingerprint density at radius 2 is 2.00 bits per heavy atom. The van der Waals surface area contributed by atoms with Crippen molar-refractivity contribution in [2.24, 2.45) is 0 Å². The van der Waals surface area contributed by atoms with Gasteiger partial charge in [-0.1, -0.05) is 6.07 Å². The number of anilines is 2. The standard InChI is InChI=1S/C13H14N4O2/c1-9(10-5-7-15-8-6-10)16-12-4-2-3-11(14)13(12)17(18)19/h2-9,16H,14H2,1H3. The lowest BCUT2D eigenvalue weighted by Crippen LogP contribution is -2.09. The summed E-state index contributed by atoms with van der Waals surface area (Å²) in [5.41, 5.74) is 7.10. The Morgan fingerprint density at radius 1 is 1.32 bits per heavy atom. The summed E-state index contributed by atoms with van der Waals surface area (Å²) in [6, 6.07) is 8.48. The molecule has 0 bridgehead atoms. The van der Waals surface area contributed by atoms with Crippen LogP contribution in [0.1, 0.15) is 18.5 Å². The highest BCUT2D eigenvalue weighted by molar-refractivity contribution is 5.74. The third kappa shape index (κ3) is 2.79. The molecule has 98 valence electrons. The minimum atomic E-state index is -0.475. The Kier molecular flexibility index (Phi) is 3.61. The van der Waals surface area contributed by atoms with Crippen LogP contribution in [0.2, 0.25) is 0 Å². The van der Waals surface area contributed by atoms with Crippen LogP contribution in [-0.2, 0) is 0 Å². The lowest BCUT2D eigenvalue weighted by Gasteiger charge is -2.15. The summed E-state index contributed by atoms with van der Waals surface area (Å²) in [5, 5.41) is 14.1. The smallest absolute Gasteiger partial charge is 0.314 e. The number of rotatable bonds is 4. The van der Waals surface area contributed by atoms with Crippen molar-refractivity contribution in [2.45, 2.75) is 13.0 Å². The van der Waals surface area contributed by atoms with Crippen molar-refractivity contribution in [3.63, 3.8) is 0 Å². The predicted octanol–water partition coefficient (Wildman–Crippen LogP) is 2.75. The van der Waals surface area contributed by atoms with Gasteiger partial charge in [0.15, 0.2) is 0 Å². The Morgan fingerprint density at radius 3 is 2.63 bits per heavy atom. The third-order valence-electron chi connectivity index (χ3n) is 2.83. The Balaban J connectivity index is 2.29. The number of benzene rings is 1. The number of hydrogen-bond acceptors (Lipinski definition) is 5. The molecule has 0 fully saturated rings. The molecule has 0 aliphatic heterocycles. The van der Waals surface area contributed by atoms with Crippen molar-refractivity contribution in [3.05, 3.63) is 58.4 Å². The minimum Gasteiger partial charge on any atom is -0.393 e. The van der Waals surface area contributed by atoms with Crippen LogP contribution in [0.15, 0.2) is 42.7 Å². The summed E-state index contributed by atoms with van der Waals surface area (Å²) in [6.45, 7) is 1.92. The van der Waals surface area contributed by atoms with E-state index >= 15 is 0 Å². The van der Waals surface area contributed by atoms with Gasteiger partial charge in [0.05, 0.1) is 4.92 Å². The second-order valence-electron chi connectivity index (χ2n) is 4.15. The molecule has 1 heterocycles. The van der Waals surface area contributed by atoms with E-state index in [9.17, 15) is 10.1 Å². The van der Waals surface area contributed by atoms with Crippen LogP contribution in [0, 0.1) is 10.1 Å². The Hall–Kier alpha value is -2.63. The van der Waals surface area contributed by atoms with Crippen LogP contribution in [-0.4, -0.2) is 9.91 Å². The maximum atomic E-state index is 11.0. The number of nitro benzene ring substituents is 1. The molecule has 6 heteroatoms. The minimum absolute atomic E-state index is 0.0801. The van der Waals surface area contributed by atoms with E-state index < -0.39 is 4.92 Å². The first-order valence-electron chi connectivity index (χ1n) is 5.79. The molecule has 1 aromatic carbocycles. The number of nitrogens with two attached hydrogens (primary N) is 1. The summed E-state index contributed by atoms with van der Waals surface area (Å²) >= 11 is 0. The van der Waals surface area contributed by atoms with Crippen molar-refractivity contribution in [1.29, 1.82) is 0 Å². The van der Waals surface area contributed by atoms with E-state index in [0.29, 0.717) is 5.69 Å². The number of nitrogens with one attached hydrogen (secondary N) is 1. The molecule has 0 aliphatic carbocycles. The van der Waals surface area contributed by atoms with Crippen LogP contribution < -0.4 is 11.1 Å². The van der Waals surface area contributed by atoms with Crippen molar-refractivity contribution < 1.29 is 4.92 Å². The molecule has 1 unspecified atom stereocenters. The molecule has 1 aromatic heterocycles. The zero-order chi connectivity index (χ0) is 13.8. The summed E-state index contributed by atoms with van der Waals surface area (Å²) < 4.78 is 0. The lowest BCUT2D eigenvalue weighted by molar-refractivity contribution is -0.383. The zero-order valence-electron chi connectivity index (χ0n) is 10.4.